The third-order valence-electron chi connectivity index (χ3n) is 3.50. The predicted octanol–water partition coefficient (Wildman–Crippen LogP) is 2.08. The molecule has 0 radical (unpaired) electrons. The van der Waals surface area contributed by atoms with E-state index in [9.17, 15) is 14.4 Å². The number of hydrogen-bond acceptors (Lipinski definition) is 3. The molecule has 0 spiro atoms. The first kappa shape index (κ1) is 20.4. The highest BCUT2D eigenvalue weighted by Gasteiger charge is 2.26. The summed E-state index contributed by atoms with van der Waals surface area (Å²) in [4.78, 5) is 34.7. The highest BCUT2D eigenvalue weighted by atomic mass is 16.4. The molecule has 2 atom stereocenters. The fourth-order valence-corrected chi connectivity index (χ4v) is 2.03. The van der Waals surface area contributed by atoms with Gasteiger partial charge in [0.15, 0.2) is 0 Å². The fourth-order valence-electron chi connectivity index (χ4n) is 2.03. The standard InChI is InChI=1S/C16H30N2O4/c1-5-6-7-8-9-10-13(19)18-14(11(2)3)15(20)17-12(4)16(21)22/h11-12,14H,5-10H2,1-4H3,(H,17,20)(H,18,19)(H,21,22)/t12-,14-/m0/s1. The van der Waals surface area contributed by atoms with Gasteiger partial charge in [0.1, 0.15) is 12.1 Å². The molecule has 2 amide bonds. The lowest BCUT2D eigenvalue weighted by atomic mass is 10.0. The second-order valence-corrected chi connectivity index (χ2v) is 6.02. The quantitative estimate of drug-likeness (QED) is 0.509. The molecule has 0 unspecified atom stereocenters. The second-order valence-electron chi connectivity index (χ2n) is 6.02. The van der Waals surface area contributed by atoms with E-state index in [2.05, 4.69) is 17.6 Å². The van der Waals surface area contributed by atoms with Crippen molar-refractivity contribution in [1.29, 1.82) is 0 Å². The molecule has 0 fully saturated rings. The zero-order valence-corrected chi connectivity index (χ0v) is 14.1. The van der Waals surface area contributed by atoms with Crippen molar-refractivity contribution >= 4 is 17.8 Å². The molecule has 6 nitrogen and oxygen atoms in total. The summed E-state index contributed by atoms with van der Waals surface area (Å²) in [6, 6.07) is -1.68. The van der Waals surface area contributed by atoms with Crippen molar-refractivity contribution in [2.45, 2.75) is 78.3 Å². The number of carbonyl (C=O) groups excluding carboxylic acids is 2. The summed E-state index contributed by atoms with van der Waals surface area (Å²) in [5, 5.41) is 13.9. The molecular weight excluding hydrogens is 284 g/mol. The lowest BCUT2D eigenvalue weighted by molar-refractivity contribution is -0.142. The predicted molar refractivity (Wildman–Crippen MR) is 85.4 cm³/mol. The average Bonchev–Trinajstić information content (AvgIpc) is 2.43. The van der Waals surface area contributed by atoms with Gasteiger partial charge in [-0.05, 0) is 19.3 Å². The number of unbranched alkanes of at least 4 members (excludes halogenated alkanes) is 4. The van der Waals surface area contributed by atoms with E-state index < -0.39 is 24.0 Å². The monoisotopic (exact) mass is 314 g/mol. The van der Waals surface area contributed by atoms with Gasteiger partial charge in [0.2, 0.25) is 11.8 Å². The topological polar surface area (TPSA) is 95.5 Å². The third-order valence-corrected chi connectivity index (χ3v) is 3.50. The van der Waals surface area contributed by atoms with Crippen LogP contribution in [0, 0.1) is 5.92 Å². The molecule has 0 aliphatic carbocycles. The minimum absolute atomic E-state index is 0.106. The van der Waals surface area contributed by atoms with Crippen LogP contribution in [-0.2, 0) is 14.4 Å². The molecule has 0 saturated carbocycles. The number of carboxylic acids is 1. The normalized spacial score (nSPS) is 13.5. The van der Waals surface area contributed by atoms with Gasteiger partial charge < -0.3 is 15.7 Å². The number of hydrogen-bond donors (Lipinski definition) is 3. The van der Waals surface area contributed by atoms with E-state index in [1.54, 1.807) is 0 Å². The average molecular weight is 314 g/mol. The summed E-state index contributed by atoms with van der Waals surface area (Å²) in [6.07, 6.45) is 5.66. The fraction of sp³-hybridized carbons (Fsp3) is 0.812. The van der Waals surface area contributed by atoms with Crippen LogP contribution in [0.4, 0.5) is 0 Å². The molecule has 128 valence electrons. The number of nitrogens with one attached hydrogen (secondary N) is 2. The van der Waals surface area contributed by atoms with Crippen LogP contribution in [0.2, 0.25) is 0 Å². The number of amides is 2. The Morgan fingerprint density at radius 2 is 1.55 bits per heavy atom. The molecule has 0 rings (SSSR count). The van der Waals surface area contributed by atoms with Crippen LogP contribution in [0.3, 0.4) is 0 Å². The van der Waals surface area contributed by atoms with E-state index >= 15 is 0 Å². The molecule has 6 heteroatoms. The zero-order valence-electron chi connectivity index (χ0n) is 14.1. The van der Waals surface area contributed by atoms with Crippen LogP contribution < -0.4 is 10.6 Å². The van der Waals surface area contributed by atoms with E-state index in [1.165, 1.54) is 13.3 Å². The third kappa shape index (κ3) is 8.64. The first-order valence-corrected chi connectivity index (χ1v) is 8.12. The van der Waals surface area contributed by atoms with Crippen LogP contribution in [0.15, 0.2) is 0 Å². The van der Waals surface area contributed by atoms with E-state index in [1.807, 2.05) is 13.8 Å². The van der Waals surface area contributed by atoms with Crippen LogP contribution in [0.5, 0.6) is 0 Å². The van der Waals surface area contributed by atoms with Gasteiger partial charge in [0.25, 0.3) is 0 Å². The Hall–Kier alpha value is -1.59. The maximum Gasteiger partial charge on any atom is 0.325 e. The first-order chi connectivity index (χ1) is 10.3. The van der Waals surface area contributed by atoms with Gasteiger partial charge in [-0.25, -0.2) is 0 Å². The van der Waals surface area contributed by atoms with Gasteiger partial charge in [0.05, 0.1) is 0 Å². The molecule has 0 aromatic rings. The minimum atomic E-state index is -1.10. The Balaban J connectivity index is 4.30. The molecule has 0 aliphatic heterocycles. The molecule has 0 heterocycles. The van der Waals surface area contributed by atoms with Crippen molar-refractivity contribution in [2.75, 3.05) is 0 Å². The van der Waals surface area contributed by atoms with Crippen molar-refractivity contribution in [3.63, 3.8) is 0 Å². The SMILES string of the molecule is CCCCCCCC(=O)N[C@H](C(=O)N[C@@H](C)C(=O)O)C(C)C. The Kier molecular flexibility index (Phi) is 10.2. The van der Waals surface area contributed by atoms with Crippen molar-refractivity contribution < 1.29 is 19.5 Å². The van der Waals surface area contributed by atoms with Crippen LogP contribution in [-0.4, -0.2) is 35.0 Å². The molecule has 0 aromatic carbocycles. The Morgan fingerprint density at radius 1 is 0.955 bits per heavy atom. The highest BCUT2D eigenvalue weighted by Crippen LogP contribution is 2.07. The lowest BCUT2D eigenvalue weighted by Crippen LogP contribution is -2.53. The summed E-state index contributed by atoms with van der Waals surface area (Å²) in [5.41, 5.74) is 0. The summed E-state index contributed by atoms with van der Waals surface area (Å²) in [6.45, 7) is 7.16. The molecule has 0 aromatic heterocycles. The van der Waals surface area contributed by atoms with Gasteiger partial charge in [-0.2, -0.15) is 0 Å². The lowest BCUT2D eigenvalue weighted by Gasteiger charge is -2.23. The van der Waals surface area contributed by atoms with Gasteiger partial charge in [-0.1, -0.05) is 46.5 Å². The molecule has 0 bridgehead atoms. The number of rotatable bonds is 11. The second kappa shape index (κ2) is 11.0. The highest BCUT2D eigenvalue weighted by molar-refractivity contribution is 5.90. The first-order valence-electron chi connectivity index (χ1n) is 8.12. The van der Waals surface area contributed by atoms with Crippen LogP contribution in [0.1, 0.15) is 66.2 Å². The largest absolute Gasteiger partial charge is 0.480 e. The van der Waals surface area contributed by atoms with Gasteiger partial charge in [0, 0.05) is 6.42 Å². The Labute approximate surface area is 133 Å². The van der Waals surface area contributed by atoms with Gasteiger partial charge in [-0.3, -0.25) is 14.4 Å². The molecule has 22 heavy (non-hydrogen) atoms. The maximum absolute atomic E-state index is 12.1. The Morgan fingerprint density at radius 3 is 2.05 bits per heavy atom. The van der Waals surface area contributed by atoms with Crippen molar-refractivity contribution in [3.8, 4) is 0 Å². The van der Waals surface area contributed by atoms with E-state index in [4.69, 9.17) is 5.11 Å². The summed E-state index contributed by atoms with van der Waals surface area (Å²) in [7, 11) is 0. The summed E-state index contributed by atoms with van der Waals surface area (Å²) >= 11 is 0. The molecule has 3 N–H and O–H groups in total. The van der Waals surface area contributed by atoms with Crippen LogP contribution >= 0.6 is 0 Å². The molecular formula is C16H30N2O4. The minimum Gasteiger partial charge on any atom is -0.480 e. The van der Waals surface area contributed by atoms with Crippen molar-refractivity contribution in [3.05, 3.63) is 0 Å². The van der Waals surface area contributed by atoms with Crippen LogP contribution in [0.25, 0.3) is 0 Å². The van der Waals surface area contributed by atoms with E-state index in [0.717, 1.165) is 25.7 Å². The molecule has 0 aliphatic rings. The van der Waals surface area contributed by atoms with E-state index in [0.29, 0.717) is 6.42 Å². The zero-order chi connectivity index (χ0) is 17.1. The molecule has 0 saturated heterocycles. The Bertz CT molecular complexity index is 369. The van der Waals surface area contributed by atoms with Gasteiger partial charge in [-0.15, -0.1) is 0 Å². The maximum atomic E-state index is 12.1. The number of aliphatic carboxylic acids is 1. The smallest absolute Gasteiger partial charge is 0.325 e. The number of carboxylic acid groups (broad SMARTS) is 1. The van der Waals surface area contributed by atoms with Gasteiger partial charge >= 0.3 is 5.97 Å². The summed E-state index contributed by atoms with van der Waals surface area (Å²) in [5.74, 6) is -1.82. The van der Waals surface area contributed by atoms with Crippen molar-refractivity contribution in [1.82, 2.24) is 10.6 Å². The number of carbonyl (C=O) groups is 3. The van der Waals surface area contributed by atoms with E-state index in [-0.39, 0.29) is 11.8 Å². The summed E-state index contributed by atoms with van der Waals surface area (Å²) < 4.78 is 0. The van der Waals surface area contributed by atoms with Crippen molar-refractivity contribution in [2.24, 2.45) is 5.92 Å².